The summed E-state index contributed by atoms with van der Waals surface area (Å²) >= 11 is 0. The van der Waals surface area contributed by atoms with Gasteiger partial charge in [0.25, 0.3) is 0 Å². The molecule has 142 valence electrons. The van der Waals surface area contributed by atoms with Gasteiger partial charge in [0.15, 0.2) is 6.10 Å². The maximum Gasteiger partial charge on any atom is 0.336 e. The molecule has 2 N–H and O–H groups in total. The van der Waals surface area contributed by atoms with E-state index in [-0.39, 0.29) is 0 Å². The average Bonchev–Trinajstić information content (AvgIpc) is 2.53. The van der Waals surface area contributed by atoms with Crippen LogP contribution in [-0.2, 0) is 19.4 Å². The van der Waals surface area contributed by atoms with Crippen LogP contribution in [-0.4, -0.2) is 34.9 Å². The van der Waals surface area contributed by atoms with Crippen LogP contribution in [0.3, 0.4) is 0 Å². The van der Waals surface area contributed by atoms with E-state index in [1.807, 2.05) is 0 Å². The second-order valence-corrected chi connectivity index (χ2v) is 6.23. The summed E-state index contributed by atoms with van der Waals surface area (Å²) in [6, 6.07) is 0. The highest BCUT2D eigenvalue weighted by atomic mass is 17.2. The van der Waals surface area contributed by atoms with Crippen LogP contribution >= 0.6 is 0 Å². The van der Waals surface area contributed by atoms with E-state index in [9.17, 15) is 9.59 Å². The second-order valence-electron chi connectivity index (χ2n) is 6.23. The number of carboxylic acid groups (broad SMARTS) is 2. The van der Waals surface area contributed by atoms with Gasteiger partial charge in [-0.1, -0.05) is 77.6 Å². The van der Waals surface area contributed by atoms with Crippen molar-refractivity contribution >= 4 is 11.9 Å². The molecule has 24 heavy (non-hydrogen) atoms. The quantitative estimate of drug-likeness (QED) is 0.215. The zero-order valence-corrected chi connectivity index (χ0v) is 15.0. The van der Waals surface area contributed by atoms with Crippen molar-refractivity contribution in [2.24, 2.45) is 0 Å². The number of hydrogen-bond donors (Lipinski definition) is 2. The van der Waals surface area contributed by atoms with Crippen molar-refractivity contribution in [3.8, 4) is 0 Å². The van der Waals surface area contributed by atoms with E-state index in [0.717, 1.165) is 19.3 Å². The average molecular weight is 346 g/mol. The van der Waals surface area contributed by atoms with Crippen molar-refractivity contribution in [1.29, 1.82) is 0 Å². The van der Waals surface area contributed by atoms with Crippen molar-refractivity contribution in [1.82, 2.24) is 0 Å². The molecule has 0 aliphatic carbocycles. The molecular weight excluding hydrogens is 312 g/mol. The number of carboxylic acids is 2. The molecule has 1 unspecified atom stereocenters. The Hall–Kier alpha value is -1.14. The SMILES string of the molecule is CCCCCCCCCCCCCCOOC(CC(=O)O)C(=O)O. The minimum absolute atomic E-state index is 0.292. The third-order valence-corrected chi connectivity index (χ3v) is 3.90. The van der Waals surface area contributed by atoms with Crippen LogP contribution in [0.4, 0.5) is 0 Å². The van der Waals surface area contributed by atoms with Gasteiger partial charge in [-0.15, -0.1) is 0 Å². The van der Waals surface area contributed by atoms with E-state index in [2.05, 4.69) is 11.8 Å². The fourth-order valence-corrected chi connectivity index (χ4v) is 2.45. The highest BCUT2D eigenvalue weighted by molar-refractivity contribution is 5.79. The molecule has 0 aromatic heterocycles. The first-order chi connectivity index (χ1) is 11.6. The lowest BCUT2D eigenvalue weighted by Gasteiger charge is -2.10. The van der Waals surface area contributed by atoms with Crippen LogP contribution in [0.1, 0.15) is 90.4 Å². The summed E-state index contributed by atoms with van der Waals surface area (Å²) in [5, 5.41) is 17.3. The molecule has 0 aliphatic heterocycles. The van der Waals surface area contributed by atoms with Crippen LogP contribution in [0.2, 0.25) is 0 Å². The van der Waals surface area contributed by atoms with Gasteiger partial charge in [-0.2, -0.15) is 0 Å². The minimum Gasteiger partial charge on any atom is -0.481 e. The van der Waals surface area contributed by atoms with Crippen molar-refractivity contribution in [3.63, 3.8) is 0 Å². The lowest BCUT2D eigenvalue weighted by atomic mass is 10.1. The molecule has 0 aromatic rings. The number of aliphatic carboxylic acids is 2. The Labute approximate surface area is 145 Å². The molecule has 0 saturated heterocycles. The van der Waals surface area contributed by atoms with E-state index in [0.29, 0.717) is 6.61 Å². The Morgan fingerprint density at radius 2 is 1.25 bits per heavy atom. The molecule has 0 aromatic carbocycles. The van der Waals surface area contributed by atoms with E-state index in [4.69, 9.17) is 15.1 Å². The lowest BCUT2D eigenvalue weighted by molar-refractivity contribution is -0.320. The third kappa shape index (κ3) is 15.7. The lowest BCUT2D eigenvalue weighted by Crippen LogP contribution is -2.27. The van der Waals surface area contributed by atoms with Crippen molar-refractivity contribution < 1.29 is 29.6 Å². The van der Waals surface area contributed by atoms with Crippen molar-refractivity contribution in [2.75, 3.05) is 6.61 Å². The monoisotopic (exact) mass is 346 g/mol. The summed E-state index contributed by atoms with van der Waals surface area (Å²) in [5.41, 5.74) is 0. The molecule has 0 bridgehead atoms. The third-order valence-electron chi connectivity index (χ3n) is 3.90. The Morgan fingerprint density at radius 1 is 0.792 bits per heavy atom. The molecule has 0 radical (unpaired) electrons. The first-order valence-electron chi connectivity index (χ1n) is 9.30. The summed E-state index contributed by atoms with van der Waals surface area (Å²) in [5.74, 6) is -2.55. The van der Waals surface area contributed by atoms with Gasteiger partial charge < -0.3 is 10.2 Å². The van der Waals surface area contributed by atoms with Gasteiger partial charge in [0.2, 0.25) is 0 Å². The first-order valence-corrected chi connectivity index (χ1v) is 9.30. The molecule has 1 atom stereocenters. The summed E-state index contributed by atoms with van der Waals surface area (Å²) in [4.78, 5) is 30.6. The van der Waals surface area contributed by atoms with Gasteiger partial charge >= 0.3 is 11.9 Å². The molecule has 6 nitrogen and oxygen atoms in total. The predicted molar refractivity (Wildman–Crippen MR) is 91.8 cm³/mol. The van der Waals surface area contributed by atoms with E-state index in [1.54, 1.807) is 0 Å². The van der Waals surface area contributed by atoms with Gasteiger partial charge in [0, 0.05) is 0 Å². The maximum atomic E-state index is 10.7. The molecular formula is C18H34O6. The fraction of sp³-hybridized carbons (Fsp3) is 0.889. The minimum atomic E-state index is -1.44. The smallest absolute Gasteiger partial charge is 0.336 e. The van der Waals surface area contributed by atoms with Gasteiger partial charge in [0.1, 0.15) is 0 Å². The summed E-state index contributed by atoms with van der Waals surface area (Å²) in [7, 11) is 0. The van der Waals surface area contributed by atoms with Gasteiger partial charge in [-0.25, -0.2) is 14.6 Å². The highest BCUT2D eigenvalue weighted by Gasteiger charge is 2.22. The van der Waals surface area contributed by atoms with Gasteiger partial charge in [0.05, 0.1) is 13.0 Å². The maximum absolute atomic E-state index is 10.7. The highest BCUT2D eigenvalue weighted by Crippen LogP contribution is 2.12. The fourth-order valence-electron chi connectivity index (χ4n) is 2.45. The topological polar surface area (TPSA) is 93.1 Å². The summed E-state index contributed by atoms with van der Waals surface area (Å²) < 4.78 is 0. The van der Waals surface area contributed by atoms with Crippen LogP contribution in [0.25, 0.3) is 0 Å². The number of hydrogen-bond acceptors (Lipinski definition) is 4. The summed E-state index contributed by atoms with van der Waals surface area (Å²) in [6.45, 7) is 2.53. The Bertz CT molecular complexity index is 319. The van der Waals surface area contributed by atoms with E-state index >= 15 is 0 Å². The molecule has 0 heterocycles. The molecule has 0 aliphatic rings. The molecule has 0 rings (SSSR count). The van der Waals surface area contributed by atoms with Gasteiger partial charge in [-0.05, 0) is 6.42 Å². The van der Waals surface area contributed by atoms with Crippen LogP contribution in [0, 0.1) is 0 Å². The molecule has 0 saturated carbocycles. The van der Waals surface area contributed by atoms with Crippen LogP contribution < -0.4 is 0 Å². The molecule has 0 amide bonds. The first kappa shape index (κ1) is 22.9. The van der Waals surface area contributed by atoms with Crippen LogP contribution in [0.5, 0.6) is 0 Å². The standard InChI is InChI=1S/C18H34O6/c1-2-3-4-5-6-7-8-9-10-11-12-13-14-23-24-16(18(21)22)15-17(19)20/h16H,2-15H2,1H3,(H,19,20)(H,21,22). The Kier molecular flexibility index (Phi) is 15.9. The van der Waals surface area contributed by atoms with Gasteiger partial charge in [-0.3, -0.25) is 4.79 Å². The zero-order valence-electron chi connectivity index (χ0n) is 15.0. The van der Waals surface area contributed by atoms with Crippen molar-refractivity contribution in [3.05, 3.63) is 0 Å². The zero-order chi connectivity index (χ0) is 18.0. The van der Waals surface area contributed by atoms with Crippen molar-refractivity contribution in [2.45, 2.75) is 96.5 Å². The molecule has 0 fully saturated rings. The normalized spacial score (nSPS) is 12.2. The molecule has 0 spiro atoms. The van der Waals surface area contributed by atoms with E-state index < -0.39 is 24.5 Å². The second kappa shape index (κ2) is 16.7. The number of rotatable bonds is 18. The number of unbranched alkanes of at least 4 members (excludes halogenated alkanes) is 11. The largest absolute Gasteiger partial charge is 0.481 e. The number of carbonyl (C=O) groups is 2. The Balaban J connectivity index is 3.30. The Morgan fingerprint density at radius 3 is 1.67 bits per heavy atom. The summed E-state index contributed by atoms with van der Waals surface area (Å²) in [6.07, 6.45) is 12.8. The van der Waals surface area contributed by atoms with E-state index in [1.165, 1.54) is 57.8 Å². The predicted octanol–water partition coefficient (Wildman–Crippen LogP) is 4.56. The van der Waals surface area contributed by atoms with Crippen LogP contribution in [0.15, 0.2) is 0 Å². The molecule has 6 heteroatoms.